The molecule has 142 valence electrons. The summed E-state index contributed by atoms with van der Waals surface area (Å²) in [5.74, 6) is 0. The molecular formula is C22H34N4. The van der Waals surface area contributed by atoms with Crippen molar-refractivity contribution in [3.05, 3.63) is 35.4 Å². The van der Waals surface area contributed by atoms with Crippen LogP contribution >= 0.6 is 0 Å². The fourth-order valence-corrected chi connectivity index (χ4v) is 4.21. The second-order valence-electron chi connectivity index (χ2n) is 8.17. The first-order chi connectivity index (χ1) is 12.5. The Labute approximate surface area is 159 Å². The lowest BCUT2D eigenvalue weighted by atomic mass is 10.00. The van der Waals surface area contributed by atoms with Gasteiger partial charge in [-0.1, -0.05) is 24.3 Å². The summed E-state index contributed by atoms with van der Waals surface area (Å²) >= 11 is 0. The molecular weight excluding hydrogens is 320 g/mol. The molecule has 1 aromatic carbocycles. The first-order valence-corrected chi connectivity index (χ1v) is 10.3. The monoisotopic (exact) mass is 354 g/mol. The average molecular weight is 355 g/mol. The number of hydrogen-bond acceptors (Lipinski definition) is 4. The van der Waals surface area contributed by atoms with Gasteiger partial charge in [0.25, 0.3) is 0 Å². The van der Waals surface area contributed by atoms with E-state index in [2.05, 4.69) is 62.0 Å². The van der Waals surface area contributed by atoms with Crippen LogP contribution in [0, 0.1) is 0 Å². The topological polar surface area (TPSA) is 31.2 Å². The van der Waals surface area contributed by atoms with Gasteiger partial charge >= 0.3 is 0 Å². The number of piperidine rings is 2. The number of hydrogen-bond donors (Lipinski definition) is 0. The minimum Gasteiger partial charge on any atom is -0.292 e. The maximum absolute atomic E-state index is 4.75. The largest absolute Gasteiger partial charge is 0.292 e. The van der Waals surface area contributed by atoms with E-state index in [4.69, 9.17) is 10.2 Å². The van der Waals surface area contributed by atoms with Gasteiger partial charge in [0, 0.05) is 24.2 Å². The molecule has 1 aromatic rings. The zero-order chi connectivity index (χ0) is 18.5. The smallest absolute Gasteiger partial charge is 0.0543 e. The molecule has 0 unspecified atom stereocenters. The Bertz CT molecular complexity index is 547. The highest BCUT2D eigenvalue weighted by atomic mass is 15.5. The summed E-state index contributed by atoms with van der Waals surface area (Å²) in [4.78, 5) is 0. The van der Waals surface area contributed by atoms with Gasteiger partial charge in [-0.15, -0.1) is 0 Å². The van der Waals surface area contributed by atoms with Gasteiger partial charge in [-0.25, -0.2) is 0 Å². The van der Waals surface area contributed by atoms with E-state index in [9.17, 15) is 0 Å². The van der Waals surface area contributed by atoms with E-state index in [0.717, 1.165) is 11.1 Å². The van der Waals surface area contributed by atoms with Gasteiger partial charge in [0.1, 0.15) is 0 Å². The van der Waals surface area contributed by atoms with Gasteiger partial charge in [0.05, 0.1) is 12.4 Å². The first kappa shape index (κ1) is 18.9. The summed E-state index contributed by atoms with van der Waals surface area (Å²) in [6, 6.07) is 10.7. The van der Waals surface area contributed by atoms with Gasteiger partial charge in [0.2, 0.25) is 0 Å². The van der Waals surface area contributed by atoms with E-state index in [0.29, 0.717) is 24.2 Å². The van der Waals surface area contributed by atoms with Gasteiger partial charge in [-0.3, -0.25) is 10.0 Å². The Morgan fingerprint density at radius 1 is 0.654 bits per heavy atom. The Balaban J connectivity index is 1.61. The molecule has 2 fully saturated rings. The molecule has 2 aliphatic heterocycles. The maximum Gasteiger partial charge on any atom is 0.0543 e. The SMILES string of the molecule is C[C@@H]1CCC[C@@H](C)N1/N=C\c1ccc(/C=N\N2[C@@H](C)CCC[C@@H]2C)cc1. The van der Waals surface area contributed by atoms with Crippen LogP contribution in [0.15, 0.2) is 34.5 Å². The highest BCUT2D eigenvalue weighted by Gasteiger charge is 2.23. The third-order valence-corrected chi connectivity index (χ3v) is 5.91. The second kappa shape index (κ2) is 8.70. The van der Waals surface area contributed by atoms with E-state index in [1.165, 1.54) is 38.5 Å². The summed E-state index contributed by atoms with van der Waals surface area (Å²) < 4.78 is 0. The van der Waals surface area contributed by atoms with Crippen molar-refractivity contribution in [1.29, 1.82) is 0 Å². The molecule has 3 rings (SSSR count). The lowest BCUT2D eigenvalue weighted by Gasteiger charge is -2.36. The van der Waals surface area contributed by atoms with E-state index in [-0.39, 0.29) is 0 Å². The van der Waals surface area contributed by atoms with Gasteiger partial charge < -0.3 is 0 Å². The zero-order valence-corrected chi connectivity index (χ0v) is 16.8. The first-order valence-electron chi connectivity index (χ1n) is 10.3. The van der Waals surface area contributed by atoms with Gasteiger partial charge in [0.15, 0.2) is 0 Å². The van der Waals surface area contributed by atoms with Crippen LogP contribution in [0.3, 0.4) is 0 Å². The lowest BCUT2D eigenvalue weighted by molar-refractivity contribution is 0.109. The van der Waals surface area contributed by atoms with E-state index < -0.39 is 0 Å². The number of rotatable bonds is 4. The molecule has 0 saturated carbocycles. The molecule has 0 N–H and O–H groups in total. The third kappa shape index (κ3) is 4.66. The summed E-state index contributed by atoms with van der Waals surface area (Å²) in [5, 5.41) is 14.0. The van der Waals surface area contributed by atoms with Crippen molar-refractivity contribution >= 4 is 12.4 Å². The quantitative estimate of drug-likeness (QED) is 0.722. The number of benzene rings is 1. The molecule has 4 heteroatoms. The average Bonchev–Trinajstić information content (AvgIpc) is 2.62. The lowest BCUT2D eigenvalue weighted by Crippen LogP contribution is -2.39. The van der Waals surface area contributed by atoms with E-state index >= 15 is 0 Å². The Morgan fingerprint density at radius 2 is 0.962 bits per heavy atom. The molecule has 0 spiro atoms. The third-order valence-electron chi connectivity index (χ3n) is 5.91. The van der Waals surface area contributed by atoms with Crippen molar-refractivity contribution in [2.24, 2.45) is 10.2 Å². The van der Waals surface area contributed by atoms with Crippen molar-refractivity contribution in [2.45, 2.75) is 90.4 Å². The molecule has 0 amide bonds. The van der Waals surface area contributed by atoms with Crippen molar-refractivity contribution in [2.75, 3.05) is 0 Å². The van der Waals surface area contributed by atoms with E-state index in [1.54, 1.807) is 0 Å². The zero-order valence-electron chi connectivity index (χ0n) is 16.8. The molecule has 0 bridgehead atoms. The van der Waals surface area contributed by atoms with Crippen LogP contribution in [0.1, 0.15) is 77.3 Å². The van der Waals surface area contributed by atoms with Crippen molar-refractivity contribution in [3.8, 4) is 0 Å². The second-order valence-corrected chi connectivity index (χ2v) is 8.17. The minimum atomic E-state index is 0.537. The van der Waals surface area contributed by atoms with Gasteiger partial charge in [-0.05, 0) is 77.3 Å². The van der Waals surface area contributed by atoms with E-state index in [1.807, 2.05) is 12.4 Å². The van der Waals surface area contributed by atoms with Crippen LogP contribution in [0.2, 0.25) is 0 Å². The normalized spacial score (nSPS) is 30.5. The molecule has 2 saturated heterocycles. The summed E-state index contributed by atoms with van der Waals surface area (Å²) in [5.41, 5.74) is 2.29. The van der Waals surface area contributed by atoms with Crippen molar-refractivity contribution in [3.63, 3.8) is 0 Å². The molecule has 4 nitrogen and oxygen atoms in total. The molecule has 0 aromatic heterocycles. The molecule has 4 atom stereocenters. The molecule has 2 aliphatic rings. The molecule has 0 radical (unpaired) electrons. The minimum absolute atomic E-state index is 0.537. The highest BCUT2D eigenvalue weighted by molar-refractivity contribution is 5.83. The van der Waals surface area contributed by atoms with Crippen LogP contribution in [0.5, 0.6) is 0 Å². The van der Waals surface area contributed by atoms with Crippen LogP contribution in [-0.2, 0) is 0 Å². The van der Waals surface area contributed by atoms with Crippen LogP contribution in [0.25, 0.3) is 0 Å². The van der Waals surface area contributed by atoms with Crippen molar-refractivity contribution < 1.29 is 0 Å². The Kier molecular flexibility index (Phi) is 6.33. The fourth-order valence-electron chi connectivity index (χ4n) is 4.21. The Hall–Kier alpha value is -1.84. The Morgan fingerprint density at radius 3 is 1.27 bits per heavy atom. The summed E-state index contributed by atoms with van der Waals surface area (Å²) in [6.45, 7) is 9.09. The molecule has 0 aliphatic carbocycles. The van der Waals surface area contributed by atoms with Crippen LogP contribution < -0.4 is 0 Å². The van der Waals surface area contributed by atoms with Crippen molar-refractivity contribution in [1.82, 2.24) is 10.0 Å². The number of nitrogens with zero attached hydrogens (tertiary/aromatic N) is 4. The standard InChI is InChI=1S/C22H34N4/c1-17-7-5-8-18(2)25(17)23-15-21-11-13-22(14-12-21)16-24-26-19(3)9-6-10-20(26)4/h11-20H,5-10H2,1-4H3/b23-15-,24-16-/t17-,18-,19+,20+. The number of hydrazone groups is 2. The summed E-state index contributed by atoms with van der Waals surface area (Å²) in [7, 11) is 0. The molecule has 26 heavy (non-hydrogen) atoms. The highest BCUT2D eigenvalue weighted by Crippen LogP contribution is 2.23. The predicted octanol–water partition coefficient (Wildman–Crippen LogP) is 4.88. The predicted molar refractivity (Wildman–Crippen MR) is 111 cm³/mol. The fraction of sp³-hybridized carbons (Fsp3) is 0.636. The summed E-state index contributed by atoms with van der Waals surface area (Å²) in [6.07, 6.45) is 11.6. The van der Waals surface area contributed by atoms with Crippen LogP contribution in [-0.4, -0.2) is 46.6 Å². The van der Waals surface area contributed by atoms with Gasteiger partial charge in [-0.2, -0.15) is 10.2 Å². The molecule has 2 heterocycles. The van der Waals surface area contributed by atoms with Crippen LogP contribution in [0.4, 0.5) is 0 Å². The maximum atomic E-state index is 4.75.